The summed E-state index contributed by atoms with van der Waals surface area (Å²) in [6.45, 7) is 10.5. The van der Waals surface area contributed by atoms with Crippen molar-refractivity contribution < 1.29 is 31.6 Å². The molecule has 0 aliphatic carbocycles. The molecule has 0 bridgehead atoms. The van der Waals surface area contributed by atoms with E-state index in [4.69, 9.17) is 9.47 Å². The van der Waals surface area contributed by atoms with Crippen molar-refractivity contribution in [3.8, 4) is 5.75 Å². The van der Waals surface area contributed by atoms with Gasteiger partial charge in [0.05, 0.1) is 19.7 Å². The van der Waals surface area contributed by atoms with E-state index in [2.05, 4.69) is 26.1 Å². The summed E-state index contributed by atoms with van der Waals surface area (Å²) >= 11 is 0. The number of halogens is 1. The number of unbranched alkanes of at least 4 members (excludes halogenated alkanes) is 1. The summed E-state index contributed by atoms with van der Waals surface area (Å²) in [4.78, 5) is 13.1. The van der Waals surface area contributed by atoms with Gasteiger partial charge in [-0.2, -0.15) is 0 Å². The standard InChI is InChI=1S/C17H28N2O3.ClH/c1-4-7-13-21-16-10-8-15(9-11-16)18-17(20)22-14-12-19(5-2)6-3;/h8-11H,4-7,12-14H2,1-3H3,(H,18,20);1H. The Morgan fingerprint density at radius 1 is 1.09 bits per heavy atom. The van der Waals surface area contributed by atoms with Gasteiger partial charge >= 0.3 is 6.09 Å². The number of quaternary nitrogens is 1. The van der Waals surface area contributed by atoms with Gasteiger partial charge in [-0.05, 0) is 44.5 Å². The Bertz CT molecular complexity index is 422. The molecular weight excluding hydrogens is 316 g/mol. The Kier molecular flexibility index (Phi) is 12.2. The van der Waals surface area contributed by atoms with Crippen LogP contribution in [0.4, 0.5) is 10.5 Å². The molecule has 0 saturated carbocycles. The highest BCUT2D eigenvalue weighted by molar-refractivity contribution is 5.84. The Labute approximate surface area is 145 Å². The highest BCUT2D eigenvalue weighted by Crippen LogP contribution is 2.16. The summed E-state index contributed by atoms with van der Waals surface area (Å²) in [5, 5.41) is 2.72. The maximum atomic E-state index is 11.7. The number of hydrogen-bond donors (Lipinski definition) is 2. The molecule has 1 aromatic carbocycles. The lowest BCUT2D eigenvalue weighted by atomic mass is 10.3. The zero-order chi connectivity index (χ0) is 16.2. The summed E-state index contributed by atoms with van der Waals surface area (Å²) in [5.74, 6) is 0.817. The van der Waals surface area contributed by atoms with Crippen molar-refractivity contribution in [3.63, 3.8) is 0 Å². The number of carbonyl (C=O) groups excluding carboxylic acids is 1. The Balaban J connectivity index is 0.00000484. The van der Waals surface area contributed by atoms with Crippen molar-refractivity contribution in [1.82, 2.24) is 0 Å². The van der Waals surface area contributed by atoms with Gasteiger partial charge in [-0.15, -0.1) is 0 Å². The van der Waals surface area contributed by atoms with Gasteiger partial charge in [0.25, 0.3) is 0 Å². The largest absolute Gasteiger partial charge is 1.00 e. The topological polar surface area (TPSA) is 52.0 Å². The molecule has 0 atom stereocenters. The lowest BCUT2D eigenvalue weighted by Gasteiger charge is -2.15. The molecule has 132 valence electrons. The average molecular weight is 345 g/mol. The van der Waals surface area contributed by atoms with E-state index < -0.39 is 6.09 Å². The number of ether oxygens (including phenoxy) is 2. The predicted molar refractivity (Wildman–Crippen MR) is 88.7 cm³/mol. The van der Waals surface area contributed by atoms with Crippen molar-refractivity contribution in [3.05, 3.63) is 24.3 Å². The first-order chi connectivity index (χ1) is 10.7. The molecule has 5 nitrogen and oxygen atoms in total. The molecule has 23 heavy (non-hydrogen) atoms. The van der Waals surface area contributed by atoms with Crippen LogP contribution in [0.15, 0.2) is 24.3 Å². The maximum Gasteiger partial charge on any atom is 0.411 e. The number of carbonyl (C=O) groups is 1. The van der Waals surface area contributed by atoms with E-state index in [1.165, 1.54) is 4.90 Å². The first kappa shape index (κ1) is 21.5. The minimum absolute atomic E-state index is 0. The second-order valence-electron chi connectivity index (χ2n) is 5.19. The number of amides is 1. The fourth-order valence-corrected chi connectivity index (χ4v) is 2.01. The molecule has 0 aliphatic rings. The van der Waals surface area contributed by atoms with E-state index in [0.717, 1.165) is 44.8 Å². The van der Waals surface area contributed by atoms with Crippen LogP contribution in [0.2, 0.25) is 0 Å². The van der Waals surface area contributed by atoms with E-state index in [1.54, 1.807) is 0 Å². The van der Waals surface area contributed by atoms with Gasteiger partial charge in [0, 0.05) is 5.69 Å². The third-order valence-electron chi connectivity index (χ3n) is 3.56. The highest BCUT2D eigenvalue weighted by Gasteiger charge is 2.06. The van der Waals surface area contributed by atoms with Crippen molar-refractivity contribution in [1.29, 1.82) is 0 Å². The molecule has 1 rings (SSSR count). The maximum absolute atomic E-state index is 11.7. The van der Waals surface area contributed by atoms with Crippen LogP contribution in [0.3, 0.4) is 0 Å². The van der Waals surface area contributed by atoms with Crippen LogP contribution in [0, 0.1) is 0 Å². The quantitative estimate of drug-likeness (QED) is 0.554. The zero-order valence-corrected chi connectivity index (χ0v) is 15.1. The molecule has 0 unspecified atom stereocenters. The van der Waals surface area contributed by atoms with Gasteiger partial charge in [-0.3, -0.25) is 5.32 Å². The van der Waals surface area contributed by atoms with E-state index in [-0.39, 0.29) is 12.4 Å². The molecule has 0 saturated heterocycles. The van der Waals surface area contributed by atoms with Crippen LogP contribution in [0.1, 0.15) is 33.6 Å². The van der Waals surface area contributed by atoms with Gasteiger partial charge in [0.2, 0.25) is 0 Å². The van der Waals surface area contributed by atoms with Gasteiger partial charge in [0.15, 0.2) is 0 Å². The molecule has 0 aliphatic heterocycles. The smallest absolute Gasteiger partial charge is 0.411 e. The second kappa shape index (κ2) is 13.0. The van der Waals surface area contributed by atoms with E-state index in [9.17, 15) is 4.79 Å². The van der Waals surface area contributed by atoms with E-state index in [1.807, 2.05) is 24.3 Å². The van der Waals surface area contributed by atoms with Crippen LogP contribution in [0.5, 0.6) is 5.75 Å². The van der Waals surface area contributed by atoms with E-state index >= 15 is 0 Å². The number of likely N-dealkylation sites (N-methyl/N-ethyl adjacent to an activating group) is 1. The van der Waals surface area contributed by atoms with Crippen LogP contribution in [-0.4, -0.2) is 38.9 Å². The third kappa shape index (κ3) is 9.31. The van der Waals surface area contributed by atoms with E-state index in [0.29, 0.717) is 12.3 Å². The Morgan fingerprint density at radius 2 is 1.74 bits per heavy atom. The fourth-order valence-electron chi connectivity index (χ4n) is 2.01. The summed E-state index contributed by atoms with van der Waals surface area (Å²) in [6.07, 6.45) is 1.74. The number of nitrogens with one attached hydrogen (secondary N) is 2. The predicted octanol–water partition coefficient (Wildman–Crippen LogP) is -0.657. The molecule has 1 aromatic rings. The third-order valence-corrected chi connectivity index (χ3v) is 3.56. The second-order valence-corrected chi connectivity index (χ2v) is 5.19. The molecule has 0 radical (unpaired) electrons. The van der Waals surface area contributed by atoms with Gasteiger partial charge < -0.3 is 26.8 Å². The average Bonchev–Trinajstić information content (AvgIpc) is 2.53. The molecular formula is C17H29ClN2O3. The molecule has 0 spiro atoms. The minimum atomic E-state index is -0.411. The lowest BCUT2D eigenvalue weighted by Crippen LogP contribution is -3.11. The molecule has 0 fully saturated rings. The van der Waals surface area contributed by atoms with Crippen LogP contribution in [-0.2, 0) is 4.74 Å². The minimum Gasteiger partial charge on any atom is -1.00 e. The number of hydrogen-bond acceptors (Lipinski definition) is 3. The van der Waals surface area contributed by atoms with Crippen LogP contribution in [0.25, 0.3) is 0 Å². The van der Waals surface area contributed by atoms with Gasteiger partial charge in [0.1, 0.15) is 18.9 Å². The Morgan fingerprint density at radius 3 is 2.30 bits per heavy atom. The van der Waals surface area contributed by atoms with Gasteiger partial charge in [-0.25, -0.2) is 4.79 Å². The number of anilines is 1. The summed E-state index contributed by atoms with van der Waals surface area (Å²) < 4.78 is 10.8. The van der Waals surface area contributed by atoms with Crippen molar-refractivity contribution in [2.75, 3.05) is 38.2 Å². The molecule has 1 amide bonds. The number of benzene rings is 1. The first-order valence-corrected chi connectivity index (χ1v) is 8.19. The SMILES string of the molecule is CCCCOc1ccc(NC(=O)OCC[NH+](CC)CC)cc1.[Cl-]. The number of rotatable bonds is 10. The molecule has 0 heterocycles. The Hall–Kier alpha value is -1.46. The first-order valence-electron chi connectivity index (χ1n) is 8.19. The van der Waals surface area contributed by atoms with Crippen molar-refractivity contribution in [2.45, 2.75) is 33.6 Å². The highest BCUT2D eigenvalue weighted by atomic mass is 35.5. The van der Waals surface area contributed by atoms with Crippen LogP contribution < -0.4 is 27.4 Å². The normalized spacial score (nSPS) is 10.1. The van der Waals surface area contributed by atoms with Crippen molar-refractivity contribution >= 4 is 11.8 Å². The fraction of sp³-hybridized carbons (Fsp3) is 0.588. The van der Waals surface area contributed by atoms with Gasteiger partial charge in [-0.1, -0.05) is 13.3 Å². The molecule has 0 aromatic heterocycles. The summed E-state index contributed by atoms with van der Waals surface area (Å²) in [5.41, 5.74) is 0.711. The van der Waals surface area contributed by atoms with Crippen molar-refractivity contribution in [2.24, 2.45) is 0 Å². The molecule has 2 N–H and O–H groups in total. The summed E-state index contributed by atoms with van der Waals surface area (Å²) in [6, 6.07) is 7.34. The van der Waals surface area contributed by atoms with Crippen LogP contribution >= 0.6 is 0 Å². The zero-order valence-electron chi connectivity index (χ0n) is 14.4. The lowest BCUT2D eigenvalue weighted by molar-refractivity contribution is -0.896. The monoisotopic (exact) mass is 344 g/mol. The summed E-state index contributed by atoms with van der Waals surface area (Å²) in [7, 11) is 0. The molecule has 6 heteroatoms.